The highest BCUT2D eigenvalue weighted by molar-refractivity contribution is 5.88. The molecule has 6 nitrogen and oxygen atoms in total. The number of pyridine rings is 1. The summed E-state index contributed by atoms with van der Waals surface area (Å²) in [6, 6.07) is 3.44. The predicted octanol–water partition coefficient (Wildman–Crippen LogP) is 1.56. The molecule has 6 heteroatoms. The van der Waals surface area contributed by atoms with Crippen LogP contribution in [0.25, 0.3) is 0 Å². The highest BCUT2D eigenvalue weighted by Gasteiger charge is 2.13. The first-order valence-electron chi connectivity index (χ1n) is 6.40. The van der Waals surface area contributed by atoms with E-state index in [-0.39, 0.29) is 12.5 Å². The molecule has 3 N–H and O–H groups in total. The Labute approximate surface area is 111 Å². The van der Waals surface area contributed by atoms with E-state index < -0.39 is 5.97 Å². The summed E-state index contributed by atoms with van der Waals surface area (Å²) in [4.78, 5) is 26.2. The minimum atomic E-state index is -0.859. The Morgan fingerprint density at radius 3 is 2.95 bits per heavy atom. The van der Waals surface area contributed by atoms with Crippen molar-refractivity contribution in [2.75, 3.05) is 11.9 Å². The van der Waals surface area contributed by atoms with Crippen LogP contribution in [0.2, 0.25) is 0 Å². The van der Waals surface area contributed by atoms with E-state index in [2.05, 4.69) is 15.6 Å². The second kappa shape index (κ2) is 6.17. The third-order valence-electron chi connectivity index (χ3n) is 3.02. The molecule has 0 atom stereocenters. The van der Waals surface area contributed by atoms with Gasteiger partial charge in [-0.2, -0.15) is 0 Å². The van der Waals surface area contributed by atoms with E-state index in [0.29, 0.717) is 18.8 Å². The average Bonchev–Trinajstić information content (AvgIpc) is 2.82. The lowest BCUT2D eigenvalue weighted by molar-refractivity contribution is -0.137. The van der Waals surface area contributed by atoms with E-state index in [9.17, 15) is 9.59 Å². The van der Waals surface area contributed by atoms with Gasteiger partial charge in [-0.3, -0.25) is 10.1 Å². The Morgan fingerprint density at radius 1 is 1.32 bits per heavy atom. The highest BCUT2D eigenvalue weighted by Crippen LogP contribution is 2.21. The first-order chi connectivity index (χ1) is 9.15. The van der Waals surface area contributed by atoms with Crippen LogP contribution in [0.1, 0.15) is 30.5 Å². The van der Waals surface area contributed by atoms with Gasteiger partial charge in [0.05, 0.1) is 0 Å². The van der Waals surface area contributed by atoms with Crippen molar-refractivity contribution in [3.63, 3.8) is 0 Å². The molecule has 1 aliphatic rings. The molecule has 1 aliphatic carbocycles. The SMILES string of the molecule is O=C(O)CCCNC(=O)Nc1ccc2c(n1)CCC2. The number of urea groups is 1. The van der Waals surface area contributed by atoms with Gasteiger partial charge in [-0.15, -0.1) is 0 Å². The number of carbonyl (C=O) groups is 2. The van der Waals surface area contributed by atoms with Crippen molar-refractivity contribution < 1.29 is 14.7 Å². The van der Waals surface area contributed by atoms with Crippen LogP contribution in [0.5, 0.6) is 0 Å². The van der Waals surface area contributed by atoms with Crippen molar-refractivity contribution in [2.24, 2.45) is 0 Å². The van der Waals surface area contributed by atoms with Crippen LogP contribution in [-0.2, 0) is 17.6 Å². The first-order valence-corrected chi connectivity index (χ1v) is 6.40. The van der Waals surface area contributed by atoms with Crippen molar-refractivity contribution in [3.05, 3.63) is 23.4 Å². The highest BCUT2D eigenvalue weighted by atomic mass is 16.4. The third kappa shape index (κ3) is 3.94. The number of rotatable bonds is 5. The van der Waals surface area contributed by atoms with Gasteiger partial charge in [0, 0.05) is 18.7 Å². The van der Waals surface area contributed by atoms with Crippen molar-refractivity contribution in [1.29, 1.82) is 0 Å². The number of aliphatic carboxylic acids is 1. The maximum Gasteiger partial charge on any atom is 0.320 e. The van der Waals surface area contributed by atoms with Crippen molar-refractivity contribution >= 4 is 17.8 Å². The predicted molar refractivity (Wildman–Crippen MR) is 70.2 cm³/mol. The van der Waals surface area contributed by atoms with Crippen LogP contribution in [0.3, 0.4) is 0 Å². The lowest BCUT2D eigenvalue weighted by atomic mass is 10.2. The van der Waals surface area contributed by atoms with Gasteiger partial charge in [-0.1, -0.05) is 6.07 Å². The zero-order valence-electron chi connectivity index (χ0n) is 10.6. The number of hydrogen-bond acceptors (Lipinski definition) is 3. The summed E-state index contributed by atoms with van der Waals surface area (Å²) in [5, 5.41) is 13.7. The number of aryl methyl sites for hydroxylation is 2. The Bertz CT molecular complexity index is 488. The summed E-state index contributed by atoms with van der Waals surface area (Å²) in [5.74, 6) is -0.320. The second-order valence-electron chi connectivity index (χ2n) is 4.53. The molecule has 19 heavy (non-hydrogen) atoms. The average molecular weight is 263 g/mol. The quantitative estimate of drug-likeness (QED) is 0.703. The van der Waals surface area contributed by atoms with E-state index in [1.807, 2.05) is 6.07 Å². The van der Waals surface area contributed by atoms with Crippen LogP contribution in [0.15, 0.2) is 12.1 Å². The maximum absolute atomic E-state index is 11.5. The molecule has 1 aromatic rings. The molecule has 2 amide bonds. The van der Waals surface area contributed by atoms with Gasteiger partial charge in [0.1, 0.15) is 5.82 Å². The van der Waals surface area contributed by atoms with E-state index in [0.717, 1.165) is 25.0 Å². The number of aromatic nitrogens is 1. The summed E-state index contributed by atoms with van der Waals surface area (Å²) >= 11 is 0. The molecular weight excluding hydrogens is 246 g/mol. The van der Waals surface area contributed by atoms with E-state index in [4.69, 9.17) is 5.11 Å². The monoisotopic (exact) mass is 263 g/mol. The fourth-order valence-electron chi connectivity index (χ4n) is 2.09. The molecule has 2 rings (SSSR count). The van der Waals surface area contributed by atoms with Crippen LogP contribution in [0, 0.1) is 0 Å². The number of hydrogen-bond donors (Lipinski definition) is 3. The minimum Gasteiger partial charge on any atom is -0.481 e. The number of carboxylic acid groups (broad SMARTS) is 1. The number of nitrogens with one attached hydrogen (secondary N) is 2. The van der Waals surface area contributed by atoms with Gasteiger partial charge in [-0.05, 0) is 37.3 Å². The standard InChI is InChI=1S/C13H17N3O3/c17-12(18)5-2-8-14-13(19)16-11-7-6-9-3-1-4-10(9)15-11/h6-7H,1-5,8H2,(H,17,18)(H2,14,15,16,19). The Morgan fingerprint density at radius 2 is 2.16 bits per heavy atom. The number of carbonyl (C=O) groups excluding carboxylic acids is 1. The molecule has 0 unspecified atom stereocenters. The molecule has 1 heterocycles. The van der Waals surface area contributed by atoms with E-state index in [1.54, 1.807) is 6.07 Å². The molecule has 1 aromatic heterocycles. The van der Waals surface area contributed by atoms with Gasteiger partial charge in [0.2, 0.25) is 0 Å². The molecule has 0 saturated heterocycles. The molecule has 0 spiro atoms. The largest absolute Gasteiger partial charge is 0.481 e. The van der Waals surface area contributed by atoms with Crippen LogP contribution < -0.4 is 10.6 Å². The number of fused-ring (bicyclic) bond motifs is 1. The van der Waals surface area contributed by atoms with Gasteiger partial charge < -0.3 is 10.4 Å². The summed E-state index contributed by atoms with van der Waals surface area (Å²) in [6.45, 7) is 0.336. The fourth-order valence-corrected chi connectivity index (χ4v) is 2.09. The zero-order valence-corrected chi connectivity index (χ0v) is 10.6. The minimum absolute atomic E-state index is 0.0530. The number of nitrogens with zero attached hydrogens (tertiary/aromatic N) is 1. The third-order valence-corrected chi connectivity index (χ3v) is 3.02. The van der Waals surface area contributed by atoms with E-state index >= 15 is 0 Å². The maximum atomic E-state index is 11.5. The molecular formula is C13H17N3O3. The summed E-state index contributed by atoms with van der Waals surface area (Å²) in [5.41, 5.74) is 2.32. The molecule has 0 aliphatic heterocycles. The Kier molecular flexibility index (Phi) is 4.33. The number of amides is 2. The summed E-state index contributed by atoms with van der Waals surface area (Å²) in [6.07, 6.45) is 3.61. The molecule has 102 valence electrons. The smallest absolute Gasteiger partial charge is 0.320 e. The molecule has 0 saturated carbocycles. The molecule has 0 radical (unpaired) electrons. The fraction of sp³-hybridized carbons (Fsp3) is 0.462. The van der Waals surface area contributed by atoms with Gasteiger partial charge in [0.25, 0.3) is 0 Å². The van der Waals surface area contributed by atoms with Crippen LogP contribution >= 0.6 is 0 Å². The first kappa shape index (κ1) is 13.3. The van der Waals surface area contributed by atoms with Crippen LogP contribution in [0.4, 0.5) is 10.6 Å². The Balaban J connectivity index is 1.77. The number of anilines is 1. The lowest BCUT2D eigenvalue weighted by Crippen LogP contribution is -2.30. The molecule has 0 fully saturated rings. The number of carboxylic acids is 1. The van der Waals surface area contributed by atoms with E-state index in [1.165, 1.54) is 5.56 Å². The molecule has 0 aromatic carbocycles. The van der Waals surface area contributed by atoms with Crippen molar-refractivity contribution in [1.82, 2.24) is 10.3 Å². The summed E-state index contributed by atoms with van der Waals surface area (Å²) in [7, 11) is 0. The van der Waals surface area contributed by atoms with Crippen molar-refractivity contribution in [2.45, 2.75) is 32.1 Å². The molecule has 0 bridgehead atoms. The zero-order chi connectivity index (χ0) is 13.7. The normalized spacial score (nSPS) is 12.8. The van der Waals surface area contributed by atoms with Crippen molar-refractivity contribution in [3.8, 4) is 0 Å². The Hall–Kier alpha value is -2.11. The lowest BCUT2D eigenvalue weighted by Gasteiger charge is -2.07. The topological polar surface area (TPSA) is 91.3 Å². The van der Waals surface area contributed by atoms with Crippen LogP contribution in [-0.4, -0.2) is 28.6 Å². The van der Waals surface area contributed by atoms with Gasteiger partial charge in [0.15, 0.2) is 0 Å². The second-order valence-corrected chi connectivity index (χ2v) is 4.53. The summed E-state index contributed by atoms with van der Waals surface area (Å²) < 4.78 is 0. The van der Waals surface area contributed by atoms with Gasteiger partial charge in [-0.25, -0.2) is 9.78 Å². The van der Waals surface area contributed by atoms with Gasteiger partial charge >= 0.3 is 12.0 Å².